The van der Waals surface area contributed by atoms with Gasteiger partial charge in [-0.15, -0.1) is 0 Å². The minimum absolute atomic E-state index is 0.0104. The highest BCUT2D eigenvalue weighted by molar-refractivity contribution is 5.78. The van der Waals surface area contributed by atoms with E-state index in [1.807, 2.05) is 46.3 Å². The smallest absolute Gasteiger partial charge is 0.223 e. The predicted octanol–water partition coefficient (Wildman–Crippen LogP) is 3.43. The molecule has 3 heterocycles. The Morgan fingerprint density at radius 1 is 1.03 bits per heavy atom. The molecule has 0 spiro atoms. The Kier molecular flexibility index (Phi) is 7.80. The molecule has 7 heteroatoms. The number of benzene rings is 1. The van der Waals surface area contributed by atoms with E-state index in [-0.39, 0.29) is 23.8 Å². The highest BCUT2D eigenvalue weighted by Crippen LogP contribution is 2.27. The first-order valence-corrected chi connectivity index (χ1v) is 11.9. The number of likely N-dealkylation sites (tertiary alicyclic amines) is 2. The largest absolute Gasteiger partial charge is 0.490 e. The summed E-state index contributed by atoms with van der Waals surface area (Å²) in [6.07, 6.45) is 10.3. The molecule has 7 nitrogen and oxygen atoms in total. The number of carbonyl (C=O) groups excluding carboxylic acids is 2. The quantitative estimate of drug-likeness (QED) is 0.685. The van der Waals surface area contributed by atoms with E-state index in [0.29, 0.717) is 25.9 Å². The Bertz CT molecular complexity index is 849. The summed E-state index contributed by atoms with van der Waals surface area (Å²) in [5.41, 5.74) is 1.12. The standard InChI is InChI=1S/C25H34N4O3/c30-24(11-7-8-20-17-26-27-18-20)29-15-12-23(32-22-9-3-1-4-10-22)21(19-29)16-25(31)28-13-5-2-6-14-28/h1,3-4,9-10,17-18,21,23H,2,5-8,11-16,19H2,(H,26,27)/t21-,23-/m0/s1. The molecule has 2 atom stereocenters. The van der Waals surface area contributed by atoms with Crippen molar-refractivity contribution in [2.75, 3.05) is 26.2 Å². The first-order valence-electron chi connectivity index (χ1n) is 11.9. The Morgan fingerprint density at radius 2 is 1.84 bits per heavy atom. The van der Waals surface area contributed by atoms with Gasteiger partial charge in [-0.3, -0.25) is 14.7 Å². The minimum atomic E-state index is -0.0545. The first kappa shape index (κ1) is 22.4. The van der Waals surface area contributed by atoms with Gasteiger partial charge in [-0.2, -0.15) is 5.10 Å². The molecule has 1 aromatic heterocycles. The number of para-hydroxylation sites is 1. The Hall–Kier alpha value is -2.83. The number of carbonyl (C=O) groups is 2. The molecule has 32 heavy (non-hydrogen) atoms. The fourth-order valence-corrected chi connectivity index (χ4v) is 4.78. The van der Waals surface area contributed by atoms with Crippen molar-refractivity contribution in [1.29, 1.82) is 0 Å². The number of aromatic amines is 1. The van der Waals surface area contributed by atoms with Gasteiger partial charge in [0, 0.05) is 57.6 Å². The normalized spacial score (nSPS) is 21.4. The highest BCUT2D eigenvalue weighted by Gasteiger charge is 2.35. The van der Waals surface area contributed by atoms with Gasteiger partial charge in [-0.05, 0) is 49.8 Å². The van der Waals surface area contributed by atoms with Crippen LogP contribution in [0.5, 0.6) is 5.75 Å². The van der Waals surface area contributed by atoms with E-state index >= 15 is 0 Å². The molecule has 2 aliphatic rings. The molecule has 2 fully saturated rings. The van der Waals surface area contributed by atoms with Crippen LogP contribution >= 0.6 is 0 Å². The lowest BCUT2D eigenvalue weighted by atomic mass is 9.90. The van der Waals surface area contributed by atoms with E-state index in [1.54, 1.807) is 6.20 Å². The average molecular weight is 439 g/mol. The zero-order valence-electron chi connectivity index (χ0n) is 18.7. The van der Waals surface area contributed by atoms with Crippen LogP contribution in [-0.2, 0) is 16.0 Å². The molecule has 0 unspecified atom stereocenters. The lowest BCUT2D eigenvalue weighted by Crippen LogP contribution is -2.49. The van der Waals surface area contributed by atoms with Crippen molar-refractivity contribution >= 4 is 11.8 Å². The maximum atomic E-state index is 13.0. The van der Waals surface area contributed by atoms with Gasteiger partial charge in [0.25, 0.3) is 0 Å². The van der Waals surface area contributed by atoms with E-state index in [9.17, 15) is 9.59 Å². The first-order chi connectivity index (χ1) is 15.7. The maximum Gasteiger partial charge on any atom is 0.223 e. The molecule has 0 aliphatic carbocycles. The van der Waals surface area contributed by atoms with Gasteiger partial charge in [0.15, 0.2) is 0 Å². The molecular weight excluding hydrogens is 404 g/mol. The molecule has 0 radical (unpaired) electrons. The summed E-state index contributed by atoms with van der Waals surface area (Å²) in [5.74, 6) is 1.21. The van der Waals surface area contributed by atoms with E-state index in [4.69, 9.17) is 4.74 Å². The SMILES string of the molecule is O=C(C[C@H]1CN(C(=O)CCCc2cn[nH]c2)CC[C@@H]1Oc1ccccc1)N1CCCCC1. The van der Waals surface area contributed by atoms with Crippen molar-refractivity contribution in [3.8, 4) is 5.75 Å². The number of hydrogen-bond acceptors (Lipinski definition) is 4. The maximum absolute atomic E-state index is 13.0. The molecule has 1 aromatic carbocycles. The molecule has 2 amide bonds. The third-order valence-electron chi connectivity index (χ3n) is 6.60. The molecule has 1 N–H and O–H groups in total. The zero-order chi connectivity index (χ0) is 22.2. The Morgan fingerprint density at radius 3 is 2.59 bits per heavy atom. The monoisotopic (exact) mass is 438 g/mol. The fourth-order valence-electron chi connectivity index (χ4n) is 4.78. The van der Waals surface area contributed by atoms with Crippen LogP contribution in [0, 0.1) is 5.92 Å². The van der Waals surface area contributed by atoms with Crippen LogP contribution in [0.15, 0.2) is 42.7 Å². The summed E-state index contributed by atoms with van der Waals surface area (Å²) in [6.45, 7) is 2.97. The van der Waals surface area contributed by atoms with Crippen molar-refractivity contribution in [3.63, 3.8) is 0 Å². The third-order valence-corrected chi connectivity index (χ3v) is 6.60. The number of aromatic nitrogens is 2. The number of ether oxygens (including phenoxy) is 1. The van der Waals surface area contributed by atoms with E-state index < -0.39 is 0 Å². The number of amides is 2. The second-order valence-corrected chi connectivity index (χ2v) is 8.96. The number of piperidine rings is 2. The minimum Gasteiger partial charge on any atom is -0.490 e. The topological polar surface area (TPSA) is 78.5 Å². The van der Waals surface area contributed by atoms with Crippen LogP contribution in [-0.4, -0.2) is 64.1 Å². The zero-order valence-corrected chi connectivity index (χ0v) is 18.7. The van der Waals surface area contributed by atoms with Crippen molar-refractivity contribution in [3.05, 3.63) is 48.3 Å². The van der Waals surface area contributed by atoms with E-state index in [0.717, 1.165) is 56.5 Å². The number of aryl methyl sites for hydroxylation is 1. The number of rotatable bonds is 8. The van der Waals surface area contributed by atoms with Crippen molar-refractivity contribution in [2.24, 2.45) is 5.92 Å². The summed E-state index contributed by atoms with van der Waals surface area (Å²) in [7, 11) is 0. The van der Waals surface area contributed by atoms with Crippen LogP contribution in [0.1, 0.15) is 50.5 Å². The van der Waals surface area contributed by atoms with Gasteiger partial charge in [0.05, 0.1) is 6.20 Å². The summed E-state index contributed by atoms with van der Waals surface area (Å²) in [4.78, 5) is 29.8. The van der Waals surface area contributed by atoms with E-state index in [1.165, 1.54) is 6.42 Å². The molecule has 0 saturated carbocycles. The van der Waals surface area contributed by atoms with E-state index in [2.05, 4.69) is 10.2 Å². The highest BCUT2D eigenvalue weighted by atomic mass is 16.5. The summed E-state index contributed by atoms with van der Waals surface area (Å²) in [6, 6.07) is 9.80. The average Bonchev–Trinajstić information content (AvgIpc) is 3.35. The molecule has 4 rings (SSSR count). The fraction of sp³-hybridized carbons (Fsp3) is 0.560. The second kappa shape index (κ2) is 11.2. The van der Waals surface area contributed by atoms with Crippen molar-refractivity contribution < 1.29 is 14.3 Å². The molecular formula is C25H34N4O3. The number of nitrogens with zero attached hydrogens (tertiary/aromatic N) is 3. The summed E-state index contributed by atoms with van der Waals surface area (Å²) >= 11 is 0. The van der Waals surface area contributed by atoms with Crippen LogP contribution in [0.4, 0.5) is 0 Å². The van der Waals surface area contributed by atoms with Crippen LogP contribution < -0.4 is 4.74 Å². The molecule has 0 bridgehead atoms. The molecule has 172 valence electrons. The van der Waals surface area contributed by atoms with Crippen LogP contribution in [0.25, 0.3) is 0 Å². The van der Waals surface area contributed by atoms with Gasteiger partial charge in [0.1, 0.15) is 11.9 Å². The van der Waals surface area contributed by atoms with Gasteiger partial charge >= 0.3 is 0 Å². The van der Waals surface area contributed by atoms with Gasteiger partial charge in [-0.25, -0.2) is 0 Å². The Labute approximate surface area is 190 Å². The van der Waals surface area contributed by atoms with Crippen LogP contribution in [0.3, 0.4) is 0 Å². The van der Waals surface area contributed by atoms with Crippen LogP contribution in [0.2, 0.25) is 0 Å². The number of nitrogens with one attached hydrogen (secondary N) is 1. The van der Waals surface area contributed by atoms with Gasteiger partial charge in [-0.1, -0.05) is 18.2 Å². The molecule has 2 aromatic rings. The summed E-state index contributed by atoms with van der Waals surface area (Å²) < 4.78 is 6.30. The second-order valence-electron chi connectivity index (χ2n) is 8.96. The molecule has 2 saturated heterocycles. The number of H-pyrrole nitrogens is 1. The van der Waals surface area contributed by atoms with Gasteiger partial charge < -0.3 is 14.5 Å². The predicted molar refractivity (Wildman–Crippen MR) is 122 cm³/mol. The molecule has 2 aliphatic heterocycles. The van der Waals surface area contributed by atoms with Gasteiger partial charge in [0.2, 0.25) is 11.8 Å². The Balaban J connectivity index is 1.36. The van der Waals surface area contributed by atoms with Crippen molar-refractivity contribution in [2.45, 2.75) is 57.5 Å². The lowest BCUT2D eigenvalue weighted by molar-refractivity contribution is -0.139. The summed E-state index contributed by atoms with van der Waals surface area (Å²) in [5, 5.41) is 6.77. The number of hydrogen-bond donors (Lipinski definition) is 1. The van der Waals surface area contributed by atoms with Crippen molar-refractivity contribution in [1.82, 2.24) is 20.0 Å². The lowest BCUT2D eigenvalue weighted by Gasteiger charge is -2.39. The third kappa shape index (κ3) is 6.11.